The van der Waals surface area contributed by atoms with Gasteiger partial charge in [0, 0.05) is 6.54 Å². The van der Waals surface area contributed by atoms with E-state index in [4.69, 9.17) is 15.2 Å². The van der Waals surface area contributed by atoms with Crippen molar-refractivity contribution in [2.24, 2.45) is 5.73 Å². The molecular formula is C10H14N2O3. The summed E-state index contributed by atoms with van der Waals surface area (Å²) in [5.41, 5.74) is 5.77. The average molecular weight is 210 g/mol. The highest BCUT2D eigenvalue weighted by Gasteiger charge is 2.06. The van der Waals surface area contributed by atoms with Crippen LogP contribution in [0.5, 0.6) is 5.75 Å². The standard InChI is InChI=1S/C10H14N2O3/c1-14-9-5-3-2-4-8(9)12-10(13)15-7-6-11/h2-5H,6-7,11H2,1H3,(H,12,13). The minimum absolute atomic E-state index is 0.195. The van der Waals surface area contributed by atoms with Gasteiger partial charge in [-0.1, -0.05) is 12.1 Å². The molecule has 1 rings (SSSR count). The number of anilines is 1. The van der Waals surface area contributed by atoms with Crippen LogP contribution in [0.3, 0.4) is 0 Å². The van der Waals surface area contributed by atoms with Crippen molar-refractivity contribution in [3.8, 4) is 5.75 Å². The molecule has 1 amide bonds. The molecule has 0 aliphatic carbocycles. The van der Waals surface area contributed by atoms with Crippen LogP contribution < -0.4 is 15.8 Å². The molecule has 1 aromatic carbocycles. The van der Waals surface area contributed by atoms with E-state index in [1.54, 1.807) is 18.2 Å². The first kappa shape index (κ1) is 11.3. The predicted octanol–water partition coefficient (Wildman–Crippen LogP) is 1.20. The third-order valence-electron chi connectivity index (χ3n) is 1.69. The maximum Gasteiger partial charge on any atom is 0.411 e. The Labute approximate surface area is 88.2 Å². The van der Waals surface area contributed by atoms with E-state index in [-0.39, 0.29) is 6.61 Å². The molecule has 0 unspecified atom stereocenters. The summed E-state index contributed by atoms with van der Waals surface area (Å²) in [4.78, 5) is 11.2. The van der Waals surface area contributed by atoms with Crippen LogP contribution in [-0.4, -0.2) is 26.4 Å². The number of hydrogen-bond donors (Lipinski definition) is 2. The van der Waals surface area contributed by atoms with Crippen LogP contribution in [0.4, 0.5) is 10.5 Å². The largest absolute Gasteiger partial charge is 0.495 e. The van der Waals surface area contributed by atoms with Crippen molar-refractivity contribution in [1.82, 2.24) is 0 Å². The number of carbonyl (C=O) groups is 1. The van der Waals surface area contributed by atoms with Gasteiger partial charge in [-0.15, -0.1) is 0 Å². The fourth-order valence-corrected chi connectivity index (χ4v) is 1.05. The lowest BCUT2D eigenvalue weighted by atomic mass is 10.3. The molecule has 3 N–H and O–H groups in total. The van der Waals surface area contributed by atoms with E-state index in [9.17, 15) is 4.79 Å². The van der Waals surface area contributed by atoms with Gasteiger partial charge < -0.3 is 15.2 Å². The lowest BCUT2D eigenvalue weighted by molar-refractivity contribution is 0.165. The molecule has 82 valence electrons. The molecule has 0 fully saturated rings. The van der Waals surface area contributed by atoms with Crippen LogP contribution in [0, 0.1) is 0 Å². The monoisotopic (exact) mass is 210 g/mol. The summed E-state index contributed by atoms with van der Waals surface area (Å²) in [6.45, 7) is 0.500. The van der Waals surface area contributed by atoms with Crippen molar-refractivity contribution in [3.05, 3.63) is 24.3 Å². The lowest BCUT2D eigenvalue weighted by Gasteiger charge is -2.09. The molecule has 0 bridgehead atoms. The van der Waals surface area contributed by atoms with Crippen LogP contribution in [-0.2, 0) is 4.74 Å². The quantitative estimate of drug-likeness (QED) is 0.783. The lowest BCUT2D eigenvalue weighted by Crippen LogP contribution is -2.18. The Morgan fingerprint density at radius 3 is 2.87 bits per heavy atom. The summed E-state index contributed by atoms with van der Waals surface area (Å²) in [6.07, 6.45) is -0.537. The summed E-state index contributed by atoms with van der Waals surface area (Å²) in [5.74, 6) is 0.585. The Morgan fingerprint density at radius 1 is 1.47 bits per heavy atom. The SMILES string of the molecule is COc1ccccc1NC(=O)OCCN. The third kappa shape index (κ3) is 3.47. The van der Waals surface area contributed by atoms with Gasteiger partial charge in [-0.3, -0.25) is 5.32 Å². The number of rotatable bonds is 4. The number of ether oxygens (including phenoxy) is 2. The number of nitrogens with two attached hydrogens (primary N) is 1. The summed E-state index contributed by atoms with van der Waals surface area (Å²) in [7, 11) is 1.53. The van der Waals surface area contributed by atoms with Crippen molar-refractivity contribution >= 4 is 11.8 Å². The molecule has 0 aliphatic rings. The van der Waals surface area contributed by atoms with Crippen LogP contribution in [0.1, 0.15) is 0 Å². The Kier molecular flexibility index (Phi) is 4.43. The number of hydrogen-bond acceptors (Lipinski definition) is 4. The number of para-hydroxylation sites is 2. The Bertz CT molecular complexity index is 328. The second-order valence-electron chi connectivity index (χ2n) is 2.75. The molecule has 0 aliphatic heterocycles. The number of carbonyl (C=O) groups excluding carboxylic acids is 1. The molecule has 0 radical (unpaired) electrons. The Balaban J connectivity index is 2.59. The molecular weight excluding hydrogens is 196 g/mol. The highest BCUT2D eigenvalue weighted by Crippen LogP contribution is 2.22. The average Bonchev–Trinajstić information content (AvgIpc) is 2.27. The van der Waals surface area contributed by atoms with Gasteiger partial charge in [-0.05, 0) is 12.1 Å². The van der Waals surface area contributed by atoms with E-state index in [2.05, 4.69) is 5.32 Å². The molecule has 5 nitrogen and oxygen atoms in total. The predicted molar refractivity (Wildman–Crippen MR) is 57.0 cm³/mol. The van der Waals surface area contributed by atoms with Crippen molar-refractivity contribution in [3.63, 3.8) is 0 Å². The zero-order valence-corrected chi connectivity index (χ0v) is 8.53. The highest BCUT2D eigenvalue weighted by atomic mass is 16.5. The van der Waals surface area contributed by atoms with E-state index in [1.807, 2.05) is 6.07 Å². The summed E-state index contributed by atoms with van der Waals surface area (Å²) >= 11 is 0. The highest BCUT2D eigenvalue weighted by molar-refractivity contribution is 5.86. The topological polar surface area (TPSA) is 73.6 Å². The molecule has 5 heteroatoms. The molecule has 1 aromatic rings. The van der Waals surface area contributed by atoms with E-state index in [1.165, 1.54) is 7.11 Å². The molecule has 15 heavy (non-hydrogen) atoms. The molecule has 0 saturated heterocycles. The first-order valence-electron chi connectivity index (χ1n) is 4.54. The van der Waals surface area contributed by atoms with Gasteiger partial charge >= 0.3 is 6.09 Å². The normalized spacial score (nSPS) is 9.47. The van der Waals surface area contributed by atoms with E-state index >= 15 is 0 Å². The summed E-state index contributed by atoms with van der Waals surface area (Å²) < 4.78 is 9.82. The second kappa shape index (κ2) is 5.87. The molecule has 0 aromatic heterocycles. The third-order valence-corrected chi connectivity index (χ3v) is 1.69. The summed E-state index contributed by atoms with van der Waals surface area (Å²) in [5, 5.41) is 2.55. The maximum atomic E-state index is 11.2. The molecule has 0 saturated carbocycles. The first-order valence-corrected chi connectivity index (χ1v) is 4.54. The van der Waals surface area contributed by atoms with Crippen LogP contribution in [0.25, 0.3) is 0 Å². The fraction of sp³-hybridized carbons (Fsp3) is 0.300. The van der Waals surface area contributed by atoms with Gasteiger partial charge in [-0.25, -0.2) is 4.79 Å². The minimum atomic E-state index is -0.537. The first-order chi connectivity index (χ1) is 7.27. The van der Waals surface area contributed by atoms with Crippen molar-refractivity contribution < 1.29 is 14.3 Å². The minimum Gasteiger partial charge on any atom is -0.495 e. The Hall–Kier alpha value is -1.75. The zero-order chi connectivity index (χ0) is 11.1. The van der Waals surface area contributed by atoms with Gasteiger partial charge in [0.25, 0.3) is 0 Å². The molecule has 0 atom stereocenters. The van der Waals surface area contributed by atoms with Crippen LogP contribution in [0.2, 0.25) is 0 Å². The van der Waals surface area contributed by atoms with E-state index in [0.717, 1.165) is 0 Å². The van der Waals surface area contributed by atoms with E-state index < -0.39 is 6.09 Å². The van der Waals surface area contributed by atoms with Gasteiger partial charge in [0.2, 0.25) is 0 Å². The number of methoxy groups -OCH3 is 1. The van der Waals surface area contributed by atoms with Gasteiger partial charge in [0.1, 0.15) is 12.4 Å². The van der Waals surface area contributed by atoms with Gasteiger partial charge in [-0.2, -0.15) is 0 Å². The van der Waals surface area contributed by atoms with Crippen molar-refractivity contribution in [2.45, 2.75) is 0 Å². The summed E-state index contributed by atoms with van der Waals surface area (Å²) in [6, 6.07) is 7.08. The van der Waals surface area contributed by atoms with Gasteiger partial charge in [0.15, 0.2) is 0 Å². The maximum absolute atomic E-state index is 11.2. The second-order valence-corrected chi connectivity index (χ2v) is 2.75. The number of amides is 1. The van der Waals surface area contributed by atoms with Gasteiger partial charge in [0.05, 0.1) is 12.8 Å². The fourth-order valence-electron chi connectivity index (χ4n) is 1.05. The number of benzene rings is 1. The van der Waals surface area contributed by atoms with Crippen molar-refractivity contribution in [1.29, 1.82) is 0 Å². The van der Waals surface area contributed by atoms with E-state index in [0.29, 0.717) is 18.0 Å². The van der Waals surface area contributed by atoms with Crippen LogP contribution in [0.15, 0.2) is 24.3 Å². The van der Waals surface area contributed by atoms with Crippen LogP contribution >= 0.6 is 0 Å². The number of nitrogens with one attached hydrogen (secondary N) is 1. The zero-order valence-electron chi connectivity index (χ0n) is 8.53. The molecule has 0 spiro atoms. The molecule has 0 heterocycles. The Morgan fingerprint density at radius 2 is 2.20 bits per heavy atom. The smallest absolute Gasteiger partial charge is 0.411 e. The van der Waals surface area contributed by atoms with Crippen molar-refractivity contribution in [2.75, 3.05) is 25.6 Å².